The van der Waals surface area contributed by atoms with E-state index in [4.69, 9.17) is 0 Å². The summed E-state index contributed by atoms with van der Waals surface area (Å²) in [7, 11) is -3.55. The second-order valence-electron chi connectivity index (χ2n) is 8.11. The fourth-order valence-corrected chi connectivity index (χ4v) is 5.66. The number of amides is 1. The van der Waals surface area contributed by atoms with Crippen LogP contribution in [-0.2, 0) is 10.0 Å². The van der Waals surface area contributed by atoms with E-state index >= 15 is 0 Å². The van der Waals surface area contributed by atoms with Crippen LogP contribution in [0, 0.1) is 0 Å². The lowest BCUT2D eigenvalue weighted by Gasteiger charge is -2.32. The van der Waals surface area contributed by atoms with Crippen LogP contribution in [0.25, 0.3) is 5.69 Å². The van der Waals surface area contributed by atoms with Crippen molar-refractivity contribution in [3.05, 3.63) is 72.3 Å². The summed E-state index contributed by atoms with van der Waals surface area (Å²) in [5, 5.41) is 7.06. The summed E-state index contributed by atoms with van der Waals surface area (Å²) in [6.45, 7) is 4.39. The highest BCUT2D eigenvalue weighted by molar-refractivity contribution is 7.89. The van der Waals surface area contributed by atoms with Gasteiger partial charge in [0.2, 0.25) is 10.0 Å². The molecule has 4 rings (SSSR count). The molecule has 0 spiro atoms. The van der Waals surface area contributed by atoms with Gasteiger partial charge in [-0.05, 0) is 68.7 Å². The molecule has 8 nitrogen and oxygen atoms in total. The van der Waals surface area contributed by atoms with Crippen molar-refractivity contribution in [2.75, 3.05) is 6.54 Å². The van der Waals surface area contributed by atoms with Gasteiger partial charge in [-0.25, -0.2) is 18.1 Å². The van der Waals surface area contributed by atoms with Gasteiger partial charge in [-0.3, -0.25) is 4.79 Å². The van der Waals surface area contributed by atoms with Gasteiger partial charge in [-0.15, -0.1) is 0 Å². The molecule has 32 heavy (non-hydrogen) atoms. The Balaban J connectivity index is 1.42. The van der Waals surface area contributed by atoms with E-state index in [2.05, 4.69) is 15.4 Å². The Hall–Kier alpha value is -3.04. The van der Waals surface area contributed by atoms with Crippen molar-refractivity contribution in [2.45, 2.75) is 50.1 Å². The largest absolute Gasteiger partial charge is 0.346 e. The number of nitrogens with one attached hydrogen (secondary N) is 1. The Morgan fingerprint density at radius 3 is 2.44 bits per heavy atom. The lowest BCUT2D eigenvalue weighted by atomic mass is 10.1. The van der Waals surface area contributed by atoms with Crippen LogP contribution in [-0.4, -0.2) is 46.0 Å². The van der Waals surface area contributed by atoms with E-state index in [0.29, 0.717) is 12.1 Å². The number of benzene rings is 2. The van der Waals surface area contributed by atoms with Gasteiger partial charge in [0.25, 0.3) is 5.91 Å². The van der Waals surface area contributed by atoms with Crippen LogP contribution in [0.3, 0.4) is 0 Å². The first-order valence-electron chi connectivity index (χ1n) is 10.7. The number of nitrogens with zero attached hydrogens (tertiary/aromatic N) is 4. The zero-order valence-electron chi connectivity index (χ0n) is 18.2. The smallest absolute Gasteiger partial charge is 0.251 e. The van der Waals surface area contributed by atoms with Crippen molar-refractivity contribution < 1.29 is 13.2 Å². The zero-order valence-corrected chi connectivity index (χ0v) is 19.0. The number of hydrogen-bond acceptors (Lipinski definition) is 5. The summed E-state index contributed by atoms with van der Waals surface area (Å²) in [6.07, 6.45) is 5.89. The molecule has 0 bridgehead atoms. The molecule has 0 saturated carbocycles. The first kappa shape index (κ1) is 22.2. The number of carbonyl (C=O) groups is 1. The Bertz CT molecular complexity index is 1160. The van der Waals surface area contributed by atoms with Gasteiger partial charge in [0.05, 0.1) is 16.6 Å². The van der Waals surface area contributed by atoms with Gasteiger partial charge in [0, 0.05) is 18.2 Å². The van der Waals surface area contributed by atoms with Crippen LogP contribution in [0.4, 0.5) is 0 Å². The third-order valence-corrected chi connectivity index (χ3v) is 7.92. The van der Waals surface area contributed by atoms with Crippen molar-refractivity contribution in [1.29, 1.82) is 0 Å². The van der Waals surface area contributed by atoms with Gasteiger partial charge in [-0.1, -0.05) is 18.6 Å². The maximum atomic E-state index is 13.0. The SMILES string of the molecule is CC(NC(=O)c1ccc(S(=O)(=O)N2CCCCC2C)cc1)c1ccc(-n2cncn2)cc1. The molecule has 1 aromatic heterocycles. The third-order valence-electron chi connectivity index (χ3n) is 5.89. The average Bonchev–Trinajstić information content (AvgIpc) is 3.34. The fraction of sp³-hybridized carbons (Fsp3) is 0.348. The highest BCUT2D eigenvalue weighted by atomic mass is 32.2. The van der Waals surface area contributed by atoms with Crippen LogP contribution >= 0.6 is 0 Å². The second-order valence-corrected chi connectivity index (χ2v) is 10.0. The van der Waals surface area contributed by atoms with E-state index < -0.39 is 10.0 Å². The molecular weight excluding hydrogens is 426 g/mol. The number of piperidine rings is 1. The topological polar surface area (TPSA) is 97.2 Å². The van der Waals surface area contributed by atoms with E-state index in [9.17, 15) is 13.2 Å². The first-order valence-corrected chi connectivity index (χ1v) is 12.2. The van der Waals surface area contributed by atoms with Gasteiger partial charge in [-0.2, -0.15) is 9.40 Å². The van der Waals surface area contributed by atoms with Gasteiger partial charge in [0.15, 0.2) is 0 Å². The third kappa shape index (κ3) is 4.58. The molecule has 9 heteroatoms. The van der Waals surface area contributed by atoms with Gasteiger partial charge >= 0.3 is 0 Å². The quantitative estimate of drug-likeness (QED) is 0.618. The van der Waals surface area contributed by atoms with E-state index in [1.807, 2.05) is 38.1 Å². The Morgan fingerprint density at radius 1 is 1.09 bits per heavy atom. The molecule has 3 aromatic rings. The van der Waals surface area contributed by atoms with Crippen LogP contribution in [0.2, 0.25) is 0 Å². The molecule has 0 aliphatic carbocycles. The summed E-state index contributed by atoms with van der Waals surface area (Å²) < 4.78 is 29.2. The van der Waals surface area contributed by atoms with Gasteiger partial charge < -0.3 is 5.32 Å². The summed E-state index contributed by atoms with van der Waals surface area (Å²) >= 11 is 0. The van der Waals surface area contributed by atoms with Crippen molar-refractivity contribution in [2.24, 2.45) is 0 Å². The molecule has 0 radical (unpaired) electrons. The molecular formula is C23H27N5O3S. The molecule has 1 fully saturated rings. The predicted molar refractivity (Wildman–Crippen MR) is 121 cm³/mol. The molecule has 1 saturated heterocycles. The molecule has 1 aliphatic heterocycles. The van der Waals surface area contributed by atoms with Crippen LogP contribution in [0.1, 0.15) is 55.1 Å². The number of hydrogen-bond donors (Lipinski definition) is 1. The molecule has 2 aromatic carbocycles. The lowest BCUT2D eigenvalue weighted by molar-refractivity contribution is 0.0939. The lowest BCUT2D eigenvalue weighted by Crippen LogP contribution is -2.41. The van der Waals surface area contributed by atoms with Crippen LogP contribution in [0.5, 0.6) is 0 Å². The summed E-state index contributed by atoms with van der Waals surface area (Å²) in [6, 6.07) is 13.6. The van der Waals surface area contributed by atoms with Crippen molar-refractivity contribution in [1.82, 2.24) is 24.4 Å². The van der Waals surface area contributed by atoms with Crippen LogP contribution < -0.4 is 5.32 Å². The molecule has 1 amide bonds. The van der Waals surface area contributed by atoms with E-state index in [1.54, 1.807) is 27.4 Å². The summed E-state index contributed by atoms with van der Waals surface area (Å²) in [5.74, 6) is -0.256. The Morgan fingerprint density at radius 2 is 1.81 bits per heavy atom. The van der Waals surface area contributed by atoms with E-state index in [1.165, 1.54) is 18.5 Å². The molecule has 1 N–H and O–H groups in total. The average molecular weight is 454 g/mol. The number of aromatic nitrogens is 3. The van der Waals surface area contributed by atoms with Gasteiger partial charge in [0.1, 0.15) is 12.7 Å². The minimum absolute atomic E-state index is 0.00600. The van der Waals surface area contributed by atoms with Crippen molar-refractivity contribution in [3.8, 4) is 5.69 Å². The second kappa shape index (κ2) is 9.22. The summed E-state index contributed by atoms with van der Waals surface area (Å²) in [4.78, 5) is 16.9. The zero-order chi connectivity index (χ0) is 22.7. The molecule has 2 atom stereocenters. The predicted octanol–water partition coefficient (Wildman–Crippen LogP) is 3.32. The maximum absolute atomic E-state index is 13.0. The maximum Gasteiger partial charge on any atom is 0.251 e. The standard InChI is InChI=1S/C23H27N5O3S/c1-17-5-3-4-14-28(17)32(30,31)22-12-8-20(9-13-22)23(29)26-18(2)19-6-10-21(11-7-19)27-16-24-15-25-27/h6-13,15-18H,3-5,14H2,1-2H3,(H,26,29). The van der Waals surface area contributed by atoms with Crippen molar-refractivity contribution >= 4 is 15.9 Å². The fourth-order valence-electron chi connectivity index (χ4n) is 3.96. The monoisotopic (exact) mass is 453 g/mol. The van der Waals surface area contributed by atoms with Crippen molar-refractivity contribution in [3.63, 3.8) is 0 Å². The number of carbonyl (C=O) groups excluding carboxylic acids is 1. The molecule has 168 valence electrons. The number of rotatable bonds is 6. The highest BCUT2D eigenvalue weighted by Crippen LogP contribution is 2.25. The van der Waals surface area contributed by atoms with E-state index in [0.717, 1.165) is 30.5 Å². The summed E-state index contributed by atoms with van der Waals surface area (Å²) in [5.41, 5.74) is 2.24. The highest BCUT2D eigenvalue weighted by Gasteiger charge is 2.30. The van der Waals surface area contributed by atoms with E-state index in [-0.39, 0.29) is 22.9 Å². The molecule has 2 unspecified atom stereocenters. The molecule has 1 aliphatic rings. The first-order chi connectivity index (χ1) is 15.4. The Labute approximate surface area is 188 Å². The molecule has 2 heterocycles. The normalized spacial score (nSPS) is 18.2. The van der Waals surface area contributed by atoms with Crippen LogP contribution in [0.15, 0.2) is 66.1 Å². The Kier molecular flexibility index (Phi) is 6.38. The number of sulfonamides is 1. The minimum atomic E-state index is -3.55. The minimum Gasteiger partial charge on any atom is -0.346 e.